The van der Waals surface area contributed by atoms with Gasteiger partial charge >= 0.3 is 6.09 Å². The molecule has 5 heteroatoms. The third kappa shape index (κ3) is 7.91. The monoisotopic (exact) mass is 388 g/mol. The number of likely N-dealkylation sites (N-methyl/N-ethyl adjacent to an activating group) is 1. The number of carbonyl (C=O) groups is 2. The molecule has 1 atom stereocenters. The molecule has 0 unspecified atom stereocenters. The molecule has 0 heterocycles. The van der Waals surface area contributed by atoms with Gasteiger partial charge in [-0.2, -0.15) is 0 Å². The minimum atomic E-state index is -0.631. The Labute approximate surface area is 169 Å². The SMILES string of the molecule is CN(CC1CCCCCC1)C(=O)[C@H](Cc1ccccc1)NC(=O)OC(C)(C)C. The number of hydrogen-bond donors (Lipinski definition) is 1. The average molecular weight is 389 g/mol. The molecule has 0 radical (unpaired) electrons. The van der Waals surface area contributed by atoms with Crippen molar-refractivity contribution in [3.63, 3.8) is 0 Å². The minimum Gasteiger partial charge on any atom is -0.444 e. The molecule has 0 bridgehead atoms. The van der Waals surface area contributed by atoms with Crippen LogP contribution < -0.4 is 5.32 Å². The summed E-state index contributed by atoms with van der Waals surface area (Å²) in [5.74, 6) is 0.495. The van der Waals surface area contributed by atoms with Crippen molar-refractivity contribution >= 4 is 12.0 Å². The van der Waals surface area contributed by atoms with Crippen molar-refractivity contribution in [2.24, 2.45) is 5.92 Å². The predicted molar refractivity (Wildman–Crippen MR) is 112 cm³/mol. The van der Waals surface area contributed by atoms with Crippen LogP contribution >= 0.6 is 0 Å². The van der Waals surface area contributed by atoms with Gasteiger partial charge in [-0.05, 0) is 45.1 Å². The van der Waals surface area contributed by atoms with Gasteiger partial charge in [-0.15, -0.1) is 0 Å². The second-order valence-electron chi connectivity index (χ2n) is 8.96. The van der Waals surface area contributed by atoms with Gasteiger partial charge in [0.2, 0.25) is 5.91 Å². The van der Waals surface area contributed by atoms with E-state index in [2.05, 4.69) is 5.32 Å². The Bertz CT molecular complexity index is 616. The van der Waals surface area contributed by atoms with Crippen LogP contribution in [0.1, 0.15) is 64.9 Å². The zero-order valence-corrected chi connectivity index (χ0v) is 17.9. The zero-order valence-electron chi connectivity index (χ0n) is 17.9. The first-order chi connectivity index (χ1) is 13.2. The summed E-state index contributed by atoms with van der Waals surface area (Å²) in [5.41, 5.74) is 0.413. The van der Waals surface area contributed by atoms with Crippen molar-refractivity contribution in [3.8, 4) is 0 Å². The number of rotatable bonds is 6. The molecule has 2 amide bonds. The second-order valence-corrected chi connectivity index (χ2v) is 8.96. The standard InChI is InChI=1S/C23H36N2O3/c1-23(2,3)28-22(27)24-20(16-18-12-10-7-11-13-18)21(26)25(4)17-19-14-8-5-6-9-15-19/h7,10-13,19-20H,5-6,8-9,14-17H2,1-4H3,(H,24,27)/t20-/m0/s1. The molecule has 0 aromatic heterocycles. The van der Waals surface area contributed by atoms with Crippen molar-refractivity contribution in [2.75, 3.05) is 13.6 Å². The Kier molecular flexibility index (Phi) is 8.34. The van der Waals surface area contributed by atoms with Gasteiger partial charge in [0.05, 0.1) is 0 Å². The van der Waals surface area contributed by atoms with Gasteiger partial charge in [-0.3, -0.25) is 4.79 Å². The van der Waals surface area contributed by atoms with Crippen LogP contribution in [0.4, 0.5) is 4.79 Å². The highest BCUT2D eigenvalue weighted by Gasteiger charge is 2.28. The van der Waals surface area contributed by atoms with E-state index in [1.165, 1.54) is 38.5 Å². The van der Waals surface area contributed by atoms with Crippen LogP contribution in [-0.2, 0) is 16.0 Å². The highest BCUT2D eigenvalue weighted by atomic mass is 16.6. The fraction of sp³-hybridized carbons (Fsp3) is 0.652. The largest absolute Gasteiger partial charge is 0.444 e. The van der Waals surface area contributed by atoms with Crippen molar-refractivity contribution in [1.29, 1.82) is 0 Å². The Morgan fingerprint density at radius 3 is 2.29 bits per heavy atom. The van der Waals surface area contributed by atoms with Crippen molar-refractivity contribution in [3.05, 3.63) is 35.9 Å². The van der Waals surface area contributed by atoms with E-state index in [-0.39, 0.29) is 5.91 Å². The topological polar surface area (TPSA) is 58.6 Å². The first kappa shape index (κ1) is 22.3. The molecule has 0 saturated heterocycles. The average Bonchev–Trinajstić information content (AvgIpc) is 2.88. The summed E-state index contributed by atoms with van der Waals surface area (Å²) in [7, 11) is 1.85. The summed E-state index contributed by atoms with van der Waals surface area (Å²) in [5, 5.41) is 2.80. The van der Waals surface area contributed by atoms with Crippen molar-refractivity contribution in [2.45, 2.75) is 77.4 Å². The molecule has 5 nitrogen and oxygen atoms in total. The fourth-order valence-corrected chi connectivity index (χ4v) is 3.79. The van der Waals surface area contributed by atoms with Gasteiger partial charge in [0, 0.05) is 20.0 Å². The molecule has 1 aromatic rings. The third-order valence-electron chi connectivity index (χ3n) is 5.15. The fourth-order valence-electron chi connectivity index (χ4n) is 3.79. The van der Waals surface area contributed by atoms with Crippen LogP contribution in [0, 0.1) is 5.92 Å². The van der Waals surface area contributed by atoms with E-state index >= 15 is 0 Å². The van der Waals surface area contributed by atoms with Gasteiger partial charge in [0.1, 0.15) is 11.6 Å². The van der Waals surface area contributed by atoms with E-state index in [0.29, 0.717) is 12.3 Å². The molecule has 28 heavy (non-hydrogen) atoms. The lowest BCUT2D eigenvalue weighted by Crippen LogP contribution is -2.50. The summed E-state index contributed by atoms with van der Waals surface area (Å²) in [6.45, 7) is 6.20. The highest BCUT2D eigenvalue weighted by molar-refractivity contribution is 5.86. The van der Waals surface area contributed by atoms with Gasteiger partial charge in [0.25, 0.3) is 0 Å². The molecule has 2 rings (SSSR count). The molecule has 1 aromatic carbocycles. The number of nitrogens with one attached hydrogen (secondary N) is 1. The number of carbonyl (C=O) groups excluding carboxylic acids is 2. The van der Waals surface area contributed by atoms with Crippen molar-refractivity contribution in [1.82, 2.24) is 10.2 Å². The number of benzene rings is 1. The maximum atomic E-state index is 13.2. The van der Waals surface area contributed by atoms with Crippen molar-refractivity contribution < 1.29 is 14.3 Å². The van der Waals surface area contributed by atoms with Gasteiger partial charge in [-0.25, -0.2) is 4.79 Å². The van der Waals surface area contributed by atoms with Crippen LogP contribution in [0.5, 0.6) is 0 Å². The summed E-state index contributed by atoms with van der Waals surface area (Å²) < 4.78 is 5.38. The Morgan fingerprint density at radius 1 is 1.11 bits per heavy atom. The third-order valence-corrected chi connectivity index (χ3v) is 5.15. The number of amides is 2. The lowest BCUT2D eigenvalue weighted by Gasteiger charge is -2.29. The predicted octanol–water partition coefficient (Wildman–Crippen LogP) is 4.55. The highest BCUT2D eigenvalue weighted by Crippen LogP contribution is 2.23. The van der Waals surface area contributed by atoms with E-state index in [0.717, 1.165) is 12.1 Å². The number of alkyl carbamates (subject to hydrolysis) is 1. The molecule has 1 fully saturated rings. The molecular weight excluding hydrogens is 352 g/mol. The van der Waals surface area contributed by atoms with Gasteiger partial charge in [-0.1, -0.05) is 56.0 Å². The van der Waals surface area contributed by atoms with E-state index in [9.17, 15) is 9.59 Å². The van der Waals surface area contributed by atoms with Gasteiger partial charge in [0.15, 0.2) is 0 Å². The van der Waals surface area contributed by atoms with Crippen LogP contribution in [0.15, 0.2) is 30.3 Å². The Hall–Kier alpha value is -2.04. The molecule has 1 N–H and O–H groups in total. The normalized spacial score (nSPS) is 16.7. The van der Waals surface area contributed by atoms with E-state index < -0.39 is 17.7 Å². The maximum absolute atomic E-state index is 13.2. The summed E-state index contributed by atoms with van der Waals surface area (Å²) in [4.78, 5) is 27.3. The summed E-state index contributed by atoms with van der Waals surface area (Å²) in [6, 6.07) is 9.15. The summed E-state index contributed by atoms with van der Waals surface area (Å²) >= 11 is 0. The molecule has 1 aliphatic rings. The zero-order chi connectivity index (χ0) is 20.6. The minimum absolute atomic E-state index is 0.0565. The first-order valence-corrected chi connectivity index (χ1v) is 10.5. The number of ether oxygens (including phenoxy) is 1. The molecule has 156 valence electrons. The lowest BCUT2D eigenvalue weighted by molar-refractivity contribution is -0.132. The molecular formula is C23H36N2O3. The van der Waals surface area contributed by atoms with E-state index in [1.54, 1.807) is 4.90 Å². The van der Waals surface area contributed by atoms with Crippen LogP contribution in [-0.4, -0.2) is 42.1 Å². The smallest absolute Gasteiger partial charge is 0.408 e. The second kappa shape index (κ2) is 10.5. The maximum Gasteiger partial charge on any atom is 0.408 e. The molecule has 0 aliphatic heterocycles. The quantitative estimate of drug-likeness (QED) is 0.727. The van der Waals surface area contributed by atoms with Crippen LogP contribution in [0.3, 0.4) is 0 Å². The first-order valence-electron chi connectivity index (χ1n) is 10.5. The number of hydrogen-bond acceptors (Lipinski definition) is 3. The van der Waals surface area contributed by atoms with Crippen LogP contribution in [0.25, 0.3) is 0 Å². The Balaban J connectivity index is 2.04. The van der Waals surface area contributed by atoms with Gasteiger partial charge < -0.3 is 15.0 Å². The molecule has 0 spiro atoms. The van der Waals surface area contributed by atoms with E-state index in [1.807, 2.05) is 58.2 Å². The van der Waals surface area contributed by atoms with E-state index in [4.69, 9.17) is 4.74 Å². The lowest BCUT2D eigenvalue weighted by atomic mass is 9.99. The summed E-state index contributed by atoms with van der Waals surface area (Å²) in [6.07, 6.45) is 7.35. The number of nitrogens with zero attached hydrogens (tertiary/aromatic N) is 1. The Morgan fingerprint density at radius 2 is 1.71 bits per heavy atom. The molecule has 1 saturated carbocycles. The molecule has 1 aliphatic carbocycles. The van der Waals surface area contributed by atoms with Crippen LogP contribution in [0.2, 0.25) is 0 Å².